The highest BCUT2D eigenvalue weighted by Gasteiger charge is 2.41. The van der Waals surface area contributed by atoms with Crippen LogP contribution in [0, 0.1) is 17.8 Å². The second kappa shape index (κ2) is 11.1. The molecule has 2 rings (SSSR count). The SMILES string of the molecule is C.CCC(=O)N1CCC(OCC[C@@H]2C[C@@H]2C(CC)CCNC)CC1. The molecule has 0 aromatic heterocycles. The molecule has 1 unspecified atom stereocenters. The summed E-state index contributed by atoms with van der Waals surface area (Å²) in [4.78, 5) is 13.7. The van der Waals surface area contributed by atoms with Gasteiger partial charge in [0.05, 0.1) is 6.10 Å². The maximum Gasteiger partial charge on any atom is 0.222 e. The van der Waals surface area contributed by atoms with E-state index in [4.69, 9.17) is 4.74 Å². The molecule has 1 amide bonds. The highest BCUT2D eigenvalue weighted by molar-refractivity contribution is 5.75. The van der Waals surface area contributed by atoms with E-state index in [-0.39, 0.29) is 13.3 Å². The number of carbonyl (C=O) groups is 1. The Morgan fingerprint density at radius 3 is 2.58 bits per heavy atom. The normalized spacial score (nSPS) is 25.2. The van der Waals surface area contributed by atoms with E-state index in [1.165, 1.54) is 25.7 Å². The number of nitrogens with one attached hydrogen (secondary N) is 1. The highest BCUT2D eigenvalue weighted by atomic mass is 16.5. The Morgan fingerprint density at radius 2 is 2.00 bits per heavy atom. The standard InChI is InChI=1S/C19H36N2O2.CH4/c1-4-15(6-10-20-3)18-14-16(18)9-13-23-17-7-11-21(12-8-17)19(22)5-2;/h15-18,20H,4-14H2,1-3H3;1H4/t15?,16-,18-;/m1./s1. The first kappa shape index (κ1) is 21.4. The van der Waals surface area contributed by atoms with E-state index < -0.39 is 0 Å². The molecule has 4 nitrogen and oxygen atoms in total. The number of amides is 1. The Labute approximate surface area is 149 Å². The van der Waals surface area contributed by atoms with Crippen LogP contribution in [0.2, 0.25) is 0 Å². The number of likely N-dealkylation sites (tertiary alicyclic amines) is 1. The molecular weight excluding hydrogens is 300 g/mol. The van der Waals surface area contributed by atoms with E-state index in [1.54, 1.807) is 0 Å². The van der Waals surface area contributed by atoms with Gasteiger partial charge in [0, 0.05) is 26.1 Å². The van der Waals surface area contributed by atoms with Crippen molar-refractivity contribution in [3.8, 4) is 0 Å². The first-order chi connectivity index (χ1) is 11.2. The number of ether oxygens (including phenoxy) is 1. The molecule has 24 heavy (non-hydrogen) atoms. The lowest BCUT2D eigenvalue weighted by molar-refractivity contribution is -0.133. The molecule has 0 spiro atoms. The smallest absolute Gasteiger partial charge is 0.222 e. The molecule has 1 N–H and O–H groups in total. The maximum atomic E-state index is 11.7. The Hall–Kier alpha value is -0.610. The van der Waals surface area contributed by atoms with Gasteiger partial charge in [-0.2, -0.15) is 0 Å². The number of hydrogen-bond donors (Lipinski definition) is 1. The number of carbonyl (C=O) groups excluding carboxylic acids is 1. The third-order valence-corrected chi connectivity index (χ3v) is 5.81. The van der Waals surface area contributed by atoms with Crippen molar-refractivity contribution in [2.75, 3.05) is 33.3 Å². The van der Waals surface area contributed by atoms with Gasteiger partial charge in [0.2, 0.25) is 5.91 Å². The van der Waals surface area contributed by atoms with Crippen LogP contribution in [0.5, 0.6) is 0 Å². The van der Waals surface area contributed by atoms with Crippen molar-refractivity contribution in [2.24, 2.45) is 17.8 Å². The predicted octanol–water partition coefficient (Wildman–Crippen LogP) is 3.70. The molecule has 2 aliphatic rings. The Balaban J connectivity index is 0.00000288. The lowest BCUT2D eigenvalue weighted by Crippen LogP contribution is -2.40. The average Bonchev–Trinajstić information content (AvgIpc) is 3.35. The minimum absolute atomic E-state index is 0. The average molecular weight is 341 g/mol. The molecule has 1 saturated heterocycles. The summed E-state index contributed by atoms with van der Waals surface area (Å²) in [5.74, 6) is 3.03. The molecule has 0 aromatic rings. The van der Waals surface area contributed by atoms with E-state index in [0.29, 0.717) is 12.5 Å². The second-order valence-corrected chi connectivity index (χ2v) is 7.31. The second-order valence-electron chi connectivity index (χ2n) is 7.31. The molecule has 0 aromatic carbocycles. The largest absolute Gasteiger partial charge is 0.378 e. The fourth-order valence-electron chi connectivity index (χ4n) is 4.11. The summed E-state index contributed by atoms with van der Waals surface area (Å²) in [5, 5.41) is 3.28. The topological polar surface area (TPSA) is 41.6 Å². The summed E-state index contributed by atoms with van der Waals surface area (Å²) in [6.45, 7) is 8.09. The predicted molar refractivity (Wildman–Crippen MR) is 101 cm³/mol. The summed E-state index contributed by atoms with van der Waals surface area (Å²) in [6.07, 6.45) is 8.30. The summed E-state index contributed by atoms with van der Waals surface area (Å²) in [5.41, 5.74) is 0. The zero-order valence-electron chi connectivity index (χ0n) is 15.4. The van der Waals surface area contributed by atoms with Crippen LogP contribution in [0.3, 0.4) is 0 Å². The van der Waals surface area contributed by atoms with Gasteiger partial charge in [-0.05, 0) is 63.5 Å². The van der Waals surface area contributed by atoms with Crippen molar-refractivity contribution in [2.45, 2.75) is 72.3 Å². The van der Waals surface area contributed by atoms with Gasteiger partial charge in [-0.1, -0.05) is 27.7 Å². The first-order valence-electron chi connectivity index (χ1n) is 9.73. The van der Waals surface area contributed by atoms with E-state index >= 15 is 0 Å². The Kier molecular flexibility index (Phi) is 9.91. The number of rotatable bonds is 10. The first-order valence-corrected chi connectivity index (χ1v) is 9.73. The lowest BCUT2D eigenvalue weighted by atomic mass is 9.95. The van der Waals surface area contributed by atoms with Crippen molar-refractivity contribution in [1.82, 2.24) is 10.2 Å². The molecule has 1 aliphatic carbocycles. The van der Waals surface area contributed by atoms with Gasteiger partial charge in [-0.3, -0.25) is 4.79 Å². The Bertz CT molecular complexity index is 354. The van der Waals surface area contributed by atoms with Crippen LogP contribution in [0.15, 0.2) is 0 Å². The third kappa shape index (κ3) is 6.36. The fraction of sp³-hybridized carbons (Fsp3) is 0.950. The third-order valence-electron chi connectivity index (χ3n) is 5.81. The summed E-state index contributed by atoms with van der Waals surface area (Å²) < 4.78 is 6.09. The van der Waals surface area contributed by atoms with Gasteiger partial charge in [0.1, 0.15) is 0 Å². The maximum absolute atomic E-state index is 11.7. The molecule has 1 saturated carbocycles. The zero-order valence-corrected chi connectivity index (χ0v) is 15.4. The summed E-state index contributed by atoms with van der Waals surface area (Å²) >= 11 is 0. The number of piperidine rings is 1. The number of nitrogens with zero attached hydrogens (tertiary/aromatic N) is 1. The monoisotopic (exact) mass is 340 g/mol. The molecule has 0 bridgehead atoms. The minimum Gasteiger partial charge on any atom is -0.378 e. The van der Waals surface area contributed by atoms with Crippen LogP contribution in [-0.2, 0) is 9.53 Å². The molecule has 0 radical (unpaired) electrons. The Morgan fingerprint density at radius 1 is 1.29 bits per heavy atom. The summed E-state index contributed by atoms with van der Waals surface area (Å²) in [6, 6.07) is 0. The molecule has 2 fully saturated rings. The van der Waals surface area contributed by atoms with E-state index in [2.05, 4.69) is 12.2 Å². The van der Waals surface area contributed by atoms with Crippen LogP contribution < -0.4 is 5.32 Å². The molecule has 1 aliphatic heterocycles. The van der Waals surface area contributed by atoms with Crippen LogP contribution in [0.25, 0.3) is 0 Å². The van der Waals surface area contributed by atoms with Gasteiger partial charge in [0.25, 0.3) is 0 Å². The van der Waals surface area contributed by atoms with Crippen molar-refractivity contribution in [1.29, 1.82) is 0 Å². The molecular formula is C20H40N2O2. The van der Waals surface area contributed by atoms with Gasteiger partial charge in [-0.25, -0.2) is 0 Å². The van der Waals surface area contributed by atoms with Crippen molar-refractivity contribution < 1.29 is 9.53 Å². The van der Waals surface area contributed by atoms with Crippen LogP contribution in [0.1, 0.15) is 66.2 Å². The molecule has 4 heteroatoms. The van der Waals surface area contributed by atoms with Crippen LogP contribution >= 0.6 is 0 Å². The van der Waals surface area contributed by atoms with Gasteiger partial charge >= 0.3 is 0 Å². The lowest BCUT2D eigenvalue weighted by Gasteiger charge is -2.31. The van der Waals surface area contributed by atoms with Gasteiger partial charge in [-0.15, -0.1) is 0 Å². The van der Waals surface area contributed by atoms with Crippen LogP contribution in [-0.4, -0.2) is 50.2 Å². The van der Waals surface area contributed by atoms with Gasteiger partial charge < -0.3 is 15.0 Å². The van der Waals surface area contributed by atoms with Crippen molar-refractivity contribution in [3.63, 3.8) is 0 Å². The van der Waals surface area contributed by atoms with Crippen molar-refractivity contribution >= 4 is 5.91 Å². The van der Waals surface area contributed by atoms with Crippen LogP contribution in [0.4, 0.5) is 0 Å². The molecule has 1 heterocycles. The van der Waals surface area contributed by atoms with Gasteiger partial charge in [0.15, 0.2) is 0 Å². The molecule has 142 valence electrons. The number of hydrogen-bond acceptors (Lipinski definition) is 3. The quantitative estimate of drug-likeness (QED) is 0.659. The summed E-state index contributed by atoms with van der Waals surface area (Å²) in [7, 11) is 2.05. The van der Waals surface area contributed by atoms with E-state index in [0.717, 1.165) is 56.8 Å². The zero-order chi connectivity index (χ0) is 16.7. The minimum atomic E-state index is 0. The van der Waals surface area contributed by atoms with Crippen molar-refractivity contribution in [3.05, 3.63) is 0 Å². The van der Waals surface area contributed by atoms with E-state index in [9.17, 15) is 4.79 Å². The van der Waals surface area contributed by atoms with E-state index in [1.807, 2.05) is 18.9 Å². The molecule has 3 atom stereocenters. The fourth-order valence-corrected chi connectivity index (χ4v) is 4.11. The highest BCUT2D eigenvalue weighted by Crippen LogP contribution is 2.48.